The summed E-state index contributed by atoms with van der Waals surface area (Å²) in [6.45, 7) is 0.116. The Bertz CT molecular complexity index is 585. The predicted molar refractivity (Wildman–Crippen MR) is 80.0 cm³/mol. The molecule has 1 rings (SSSR count). The van der Waals surface area contributed by atoms with Crippen molar-refractivity contribution in [3.63, 3.8) is 0 Å². The van der Waals surface area contributed by atoms with Gasteiger partial charge in [-0.2, -0.15) is 5.10 Å². The van der Waals surface area contributed by atoms with Crippen LogP contribution in [0.4, 0.5) is 5.69 Å². The van der Waals surface area contributed by atoms with Crippen LogP contribution in [0.2, 0.25) is 0 Å². The molecule has 9 heteroatoms. The molecule has 0 aliphatic heterocycles. The standard InChI is InChI=1S/C12H17BrN4O4/c1-16(2)9(18)4-5-14-8-6-15-17(7-10(19)21-3)12(20)11(8)13/h6,14H,4-5,7H2,1-3H3. The monoisotopic (exact) mass is 360 g/mol. The number of methoxy groups -OCH3 is 1. The summed E-state index contributed by atoms with van der Waals surface area (Å²) >= 11 is 3.16. The van der Waals surface area contributed by atoms with E-state index in [2.05, 4.69) is 31.1 Å². The Morgan fingerprint density at radius 2 is 2.14 bits per heavy atom. The number of aromatic nitrogens is 2. The van der Waals surface area contributed by atoms with Gasteiger partial charge in [-0.05, 0) is 15.9 Å². The zero-order valence-electron chi connectivity index (χ0n) is 12.1. The number of nitrogens with one attached hydrogen (secondary N) is 1. The fourth-order valence-corrected chi connectivity index (χ4v) is 1.86. The molecule has 0 saturated heterocycles. The Labute approximate surface area is 130 Å². The van der Waals surface area contributed by atoms with E-state index in [4.69, 9.17) is 0 Å². The smallest absolute Gasteiger partial charge is 0.327 e. The zero-order valence-corrected chi connectivity index (χ0v) is 13.6. The van der Waals surface area contributed by atoms with Crippen LogP contribution in [0, 0.1) is 0 Å². The van der Waals surface area contributed by atoms with Gasteiger partial charge < -0.3 is 15.0 Å². The first kappa shape index (κ1) is 17.2. The first-order valence-electron chi connectivity index (χ1n) is 6.13. The number of hydrogen-bond donors (Lipinski definition) is 1. The third-order valence-corrected chi connectivity index (χ3v) is 3.41. The van der Waals surface area contributed by atoms with Crippen LogP contribution in [0.25, 0.3) is 0 Å². The average Bonchev–Trinajstić information content (AvgIpc) is 2.45. The molecule has 0 atom stereocenters. The van der Waals surface area contributed by atoms with Gasteiger partial charge in [-0.1, -0.05) is 0 Å². The lowest BCUT2D eigenvalue weighted by Crippen LogP contribution is -2.29. The molecule has 0 saturated carbocycles. The molecule has 1 amide bonds. The summed E-state index contributed by atoms with van der Waals surface area (Å²) in [6.07, 6.45) is 1.71. The van der Waals surface area contributed by atoms with Crippen molar-refractivity contribution in [1.82, 2.24) is 14.7 Å². The van der Waals surface area contributed by atoms with Crippen molar-refractivity contribution >= 4 is 33.5 Å². The molecule has 0 aromatic carbocycles. The number of rotatable bonds is 6. The third kappa shape index (κ3) is 4.85. The second-order valence-electron chi connectivity index (χ2n) is 4.38. The van der Waals surface area contributed by atoms with Crippen molar-refractivity contribution in [3.05, 3.63) is 21.0 Å². The van der Waals surface area contributed by atoms with Crippen LogP contribution in [0.1, 0.15) is 6.42 Å². The van der Waals surface area contributed by atoms with Gasteiger partial charge in [0.2, 0.25) is 5.91 Å². The Hall–Kier alpha value is -1.90. The molecule has 1 aromatic rings. The van der Waals surface area contributed by atoms with E-state index in [0.717, 1.165) is 4.68 Å². The number of anilines is 1. The number of esters is 1. The predicted octanol–water partition coefficient (Wildman–Crippen LogP) is 0.0690. The molecule has 0 fully saturated rings. The summed E-state index contributed by atoms with van der Waals surface area (Å²) < 4.78 is 5.72. The fourth-order valence-electron chi connectivity index (χ4n) is 1.42. The van der Waals surface area contributed by atoms with E-state index in [1.807, 2.05) is 0 Å². The Kier molecular flexibility index (Phi) is 6.35. The van der Waals surface area contributed by atoms with Gasteiger partial charge in [0.1, 0.15) is 11.0 Å². The Balaban J connectivity index is 2.74. The van der Waals surface area contributed by atoms with Gasteiger partial charge >= 0.3 is 5.97 Å². The first-order chi connectivity index (χ1) is 9.86. The highest BCUT2D eigenvalue weighted by atomic mass is 79.9. The molecule has 1 N–H and O–H groups in total. The zero-order chi connectivity index (χ0) is 16.0. The van der Waals surface area contributed by atoms with Crippen molar-refractivity contribution in [2.75, 3.05) is 33.1 Å². The molecule has 116 valence electrons. The summed E-state index contributed by atoms with van der Waals surface area (Å²) in [5, 5.41) is 6.82. The number of halogens is 1. The summed E-state index contributed by atoms with van der Waals surface area (Å²) in [5.41, 5.74) is 0.0111. The quantitative estimate of drug-likeness (QED) is 0.721. The largest absolute Gasteiger partial charge is 0.468 e. The normalized spacial score (nSPS) is 10.1. The summed E-state index contributed by atoms with van der Waals surface area (Å²) in [6, 6.07) is 0. The van der Waals surface area contributed by atoms with Crippen molar-refractivity contribution in [2.24, 2.45) is 0 Å². The number of carbonyl (C=O) groups is 2. The van der Waals surface area contributed by atoms with Crippen molar-refractivity contribution < 1.29 is 14.3 Å². The highest BCUT2D eigenvalue weighted by Gasteiger charge is 2.12. The van der Waals surface area contributed by atoms with E-state index < -0.39 is 11.5 Å². The molecule has 21 heavy (non-hydrogen) atoms. The summed E-state index contributed by atoms with van der Waals surface area (Å²) in [7, 11) is 4.59. The van der Waals surface area contributed by atoms with Crippen LogP contribution >= 0.6 is 15.9 Å². The minimum atomic E-state index is -0.561. The van der Waals surface area contributed by atoms with E-state index in [1.165, 1.54) is 18.2 Å². The van der Waals surface area contributed by atoms with Crippen molar-refractivity contribution in [1.29, 1.82) is 0 Å². The lowest BCUT2D eigenvalue weighted by atomic mass is 10.3. The molecule has 1 heterocycles. The minimum Gasteiger partial charge on any atom is -0.468 e. The maximum atomic E-state index is 12.0. The number of nitrogens with zero attached hydrogens (tertiary/aromatic N) is 3. The van der Waals surface area contributed by atoms with E-state index in [1.54, 1.807) is 14.1 Å². The van der Waals surface area contributed by atoms with Gasteiger partial charge in [0, 0.05) is 27.1 Å². The van der Waals surface area contributed by atoms with E-state index >= 15 is 0 Å². The van der Waals surface area contributed by atoms with Gasteiger partial charge in [-0.3, -0.25) is 14.4 Å². The van der Waals surface area contributed by atoms with Gasteiger partial charge in [0.15, 0.2) is 0 Å². The molecular weight excluding hydrogens is 344 g/mol. The third-order valence-electron chi connectivity index (χ3n) is 2.64. The van der Waals surface area contributed by atoms with Crippen LogP contribution in [-0.4, -0.2) is 54.3 Å². The second kappa shape index (κ2) is 7.77. The molecule has 0 unspecified atom stereocenters. The lowest BCUT2D eigenvalue weighted by Gasteiger charge is -2.12. The van der Waals surface area contributed by atoms with Crippen LogP contribution in [0.15, 0.2) is 15.5 Å². The molecule has 0 spiro atoms. The minimum absolute atomic E-state index is 0.0226. The highest BCUT2D eigenvalue weighted by molar-refractivity contribution is 9.10. The number of hydrogen-bond acceptors (Lipinski definition) is 6. The van der Waals surface area contributed by atoms with Crippen LogP contribution < -0.4 is 10.9 Å². The van der Waals surface area contributed by atoms with E-state index in [-0.39, 0.29) is 16.9 Å². The first-order valence-corrected chi connectivity index (χ1v) is 6.92. The molecular formula is C12H17BrN4O4. The molecule has 0 aliphatic rings. The van der Waals surface area contributed by atoms with Gasteiger partial charge in [0.05, 0.1) is 19.0 Å². The number of carbonyl (C=O) groups excluding carboxylic acids is 2. The molecule has 1 aromatic heterocycles. The van der Waals surface area contributed by atoms with E-state index in [0.29, 0.717) is 18.7 Å². The molecule has 0 radical (unpaired) electrons. The van der Waals surface area contributed by atoms with Gasteiger partial charge in [0.25, 0.3) is 5.56 Å². The van der Waals surface area contributed by atoms with Gasteiger partial charge in [-0.15, -0.1) is 0 Å². The number of ether oxygens (including phenoxy) is 1. The maximum Gasteiger partial charge on any atom is 0.327 e. The average molecular weight is 361 g/mol. The van der Waals surface area contributed by atoms with Crippen molar-refractivity contribution in [2.45, 2.75) is 13.0 Å². The number of amides is 1. The second-order valence-corrected chi connectivity index (χ2v) is 5.17. The SMILES string of the molecule is COC(=O)Cn1ncc(NCCC(=O)N(C)C)c(Br)c1=O. The maximum absolute atomic E-state index is 12.0. The summed E-state index contributed by atoms with van der Waals surface area (Å²) in [5.74, 6) is -0.584. The lowest BCUT2D eigenvalue weighted by molar-refractivity contribution is -0.141. The highest BCUT2D eigenvalue weighted by Crippen LogP contribution is 2.15. The topological polar surface area (TPSA) is 93.5 Å². The Morgan fingerprint density at radius 3 is 2.71 bits per heavy atom. The van der Waals surface area contributed by atoms with E-state index in [9.17, 15) is 14.4 Å². The van der Waals surface area contributed by atoms with Gasteiger partial charge in [-0.25, -0.2) is 4.68 Å². The van der Waals surface area contributed by atoms with Crippen LogP contribution in [-0.2, 0) is 20.9 Å². The Morgan fingerprint density at radius 1 is 1.48 bits per heavy atom. The molecule has 8 nitrogen and oxygen atoms in total. The van der Waals surface area contributed by atoms with Crippen molar-refractivity contribution in [3.8, 4) is 0 Å². The fraction of sp³-hybridized carbons (Fsp3) is 0.500. The van der Waals surface area contributed by atoms with Crippen LogP contribution in [0.3, 0.4) is 0 Å². The molecule has 0 bridgehead atoms. The summed E-state index contributed by atoms with van der Waals surface area (Å²) in [4.78, 5) is 36.0. The molecule has 0 aliphatic carbocycles. The van der Waals surface area contributed by atoms with Crippen LogP contribution in [0.5, 0.6) is 0 Å².